The van der Waals surface area contributed by atoms with Crippen LogP contribution in [0.5, 0.6) is 5.75 Å². The average molecular weight is 313 g/mol. The van der Waals surface area contributed by atoms with Crippen LogP contribution in [0.2, 0.25) is 0 Å². The summed E-state index contributed by atoms with van der Waals surface area (Å²) in [5.41, 5.74) is 2.46. The third kappa shape index (κ3) is 2.35. The minimum absolute atomic E-state index is 0.0247. The molecule has 0 radical (unpaired) electrons. The van der Waals surface area contributed by atoms with Gasteiger partial charge in [0.25, 0.3) is 5.91 Å². The topological polar surface area (TPSA) is 55.6 Å². The van der Waals surface area contributed by atoms with Gasteiger partial charge in [0.2, 0.25) is 0 Å². The van der Waals surface area contributed by atoms with E-state index in [9.17, 15) is 4.79 Å². The van der Waals surface area contributed by atoms with E-state index in [1.165, 1.54) is 11.3 Å². The van der Waals surface area contributed by atoms with Crippen LogP contribution in [-0.4, -0.2) is 28.4 Å². The monoisotopic (exact) mass is 313 g/mol. The number of thiazole rings is 1. The number of benzene rings is 1. The molecule has 6 heteroatoms. The van der Waals surface area contributed by atoms with E-state index in [4.69, 9.17) is 4.74 Å². The second-order valence-corrected chi connectivity index (χ2v) is 6.22. The second kappa shape index (κ2) is 5.14. The molecule has 1 aromatic carbocycles. The molecule has 2 aromatic heterocycles. The van der Waals surface area contributed by atoms with Gasteiger partial charge in [0.15, 0.2) is 4.96 Å². The van der Waals surface area contributed by atoms with Gasteiger partial charge in [-0.2, -0.15) is 0 Å². The van der Waals surface area contributed by atoms with Crippen molar-refractivity contribution in [2.75, 3.05) is 7.11 Å². The molecule has 1 fully saturated rings. The van der Waals surface area contributed by atoms with Gasteiger partial charge < -0.3 is 10.1 Å². The average Bonchev–Trinajstić information content (AvgIpc) is 3.10. The molecule has 2 heterocycles. The lowest BCUT2D eigenvalue weighted by Crippen LogP contribution is -2.26. The fourth-order valence-corrected chi connectivity index (χ4v) is 3.21. The highest BCUT2D eigenvalue weighted by molar-refractivity contribution is 7.15. The minimum Gasteiger partial charge on any atom is -0.497 e. The molecule has 0 unspecified atom stereocenters. The summed E-state index contributed by atoms with van der Waals surface area (Å²) in [6, 6.07) is 8.11. The van der Waals surface area contributed by atoms with E-state index in [0.29, 0.717) is 11.7 Å². The molecule has 1 aliphatic carbocycles. The predicted octanol–water partition coefficient (Wildman–Crippen LogP) is 2.96. The number of nitrogens with zero attached hydrogens (tertiary/aromatic N) is 2. The van der Waals surface area contributed by atoms with Crippen LogP contribution < -0.4 is 10.1 Å². The zero-order valence-corrected chi connectivity index (χ0v) is 12.9. The Balaban J connectivity index is 1.71. The van der Waals surface area contributed by atoms with Crippen LogP contribution in [0.15, 0.2) is 35.8 Å². The molecule has 5 nitrogen and oxygen atoms in total. The Morgan fingerprint density at radius 1 is 1.45 bits per heavy atom. The first-order valence-corrected chi connectivity index (χ1v) is 8.04. The summed E-state index contributed by atoms with van der Waals surface area (Å²) >= 11 is 1.47. The maximum absolute atomic E-state index is 12.2. The Kier molecular flexibility index (Phi) is 3.11. The first-order chi connectivity index (χ1) is 10.7. The van der Waals surface area contributed by atoms with Crippen LogP contribution in [0, 0.1) is 0 Å². The number of fused-ring (bicyclic) bond motifs is 1. The van der Waals surface area contributed by atoms with Gasteiger partial charge in [0, 0.05) is 23.2 Å². The van der Waals surface area contributed by atoms with E-state index < -0.39 is 0 Å². The minimum atomic E-state index is -0.0247. The number of carbonyl (C=O) groups excluding carboxylic acids is 1. The quantitative estimate of drug-likeness (QED) is 0.805. The van der Waals surface area contributed by atoms with Gasteiger partial charge in [-0.25, -0.2) is 4.98 Å². The summed E-state index contributed by atoms with van der Waals surface area (Å²) in [5, 5.41) is 4.87. The Morgan fingerprint density at radius 2 is 2.32 bits per heavy atom. The van der Waals surface area contributed by atoms with Crippen molar-refractivity contribution in [1.29, 1.82) is 0 Å². The summed E-state index contributed by atoms with van der Waals surface area (Å²) < 4.78 is 7.11. The van der Waals surface area contributed by atoms with Crippen molar-refractivity contribution in [3.63, 3.8) is 0 Å². The molecule has 1 N–H and O–H groups in total. The molecule has 0 bridgehead atoms. The van der Waals surface area contributed by atoms with E-state index in [0.717, 1.165) is 34.8 Å². The normalized spacial score (nSPS) is 14.2. The Labute approximate surface area is 131 Å². The van der Waals surface area contributed by atoms with Crippen molar-refractivity contribution < 1.29 is 9.53 Å². The number of amides is 1. The number of aromatic nitrogens is 2. The van der Waals surface area contributed by atoms with Crippen LogP contribution in [0.3, 0.4) is 0 Å². The van der Waals surface area contributed by atoms with Crippen molar-refractivity contribution in [2.24, 2.45) is 0 Å². The zero-order chi connectivity index (χ0) is 15.1. The molecule has 4 rings (SSSR count). The molecule has 112 valence electrons. The third-order valence-corrected chi connectivity index (χ3v) is 4.56. The van der Waals surface area contributed by atoms with E-state index in [1.807, 2.05) is 40.2 Å². The Bertz CT molecular complexity index is 848. The van der Waals surface area contributed by atoms with Crippen LogP contribution in [0.4, 0.5) is 0 Å². The number of hydrogen-bond donors (Lipinski definition) is 1. The number of rotatable bonds is 4. The van der Waals surface area contributed by atoms with Gasteiger partial charge in [0.05, 0.1) is 12.8 Å². The van der Waals surface area contributed by atoms with Crippen molar-refractivity contribution in [1.82, 2.24) is 14.7 Å². The highest BCUT2D eigenvalue weighted by Crippen LogP contribution is 2.27. The smallest absolute Gasteiger partial charge is 0.269 e. The lowest BCUT2D eigenvalue weighted by molar-refractivity contribution is 0.0945. The summed E-state index contributed by atoms with van der Waals surface area (Å²) in [5.74, 6) is 0.767. The largest absolute Gasteiger partial charge is 0.497 e. The maximum atomic E-state index is 12.2. The molecule has 0 saturated heterocycles. The van der Waals surface area contributed by atoms with Crippen molar-refractivity contribution in [2.45, 2.75) is 18.9 Å². The predicted molar refractivity (Wildman–Crippen MR) is 85.5 cm³/mol. The molecule has 0 aliphatic heterocycles. The lowest BCUT2D eigenvalue weighted by Gasteiger charge is -2.02. The highest BCUT2D eigenvalue weighted by atomic mass is 32.1. The van der Waals surface area contributed by atoms with Gasteiger partial charge in [-0.05, 0) is 25.0 Å². The summed E-state index contributed by atoms with van der Waals surface area (Å²) in [6.07, 6.45) is 4.07. The summed E-state index contributed by atoms with van der Waals surface area (Å²) in [6.45, 7) is 0. The SMILES string of the molecule is COc1cccc(-c2cn3c(C(=O)NC4CC4)csc3n2)c1. The summed E-state index contributed by atoms with van der Waals surface area (Å²) in [4.78, 5) is 17.7. The molecular formula is C16H15N3O2S. The molecule has 3 aromatic rings. The molecule has 1 amide bonds. The number of methoxy groups -OCH3 is 1. The van der Waals surface area contributed by atoms with Crippen LogP contribution in [-0.2, 0) is 0 Å². The number of carbonyl (C=O) groups is 1. The van der Waals surface area contributed by atoms with E-state index >= 15 is 0 Å². The van der Waals surface area contributed by atoms with Crippen LogP contribution in [0.25, 0.3) is 16.2 Å². The number of nitrogens with one attached hydrogen (secondary N) is 1. The standard InChI is InChI=1S/C16H15N3O2S/c1-21-12-4-2-3-10(7-12)13-8-19-14(9-22-16(19)18-13)15(20)17-11-5-6-11/h2-4,7-9,11H,5-6H2,1H3,(H,17,20). The molecule has 22 heavy (non-hydrogen) atoms. The van der Waals surface area contributed by atoms with E-state index in [2.05, 4.69) is 10.3 Å². The summed E-state index contributed by atoms with van der Waals surface area (Å²) in [7, 11) is 1.64. The van der Waals surface area contributed by atoms with Gasteiger partial charge in [0.1, 0.15) is 11.4 Å². The number of hydrogen-bond acceptors (Lipinski definition) is 4. The third-order valence-electron chi connectivity index (χ3n) is 3.72. The molecule has 0 atom stereocenters. The molecule has 1 aliphatic rings. The molecular weight excluding hydrogens is 298 g/mol. The van der Waals surface area contributed by atoms with Crippen LogP contribution >= 0.6 is 11.3 Å². The van der Waals surface area contributed by atoms with Crippen molar-refractivity contribution >= 4 is 22.2 Å². The van der Waals surface area contributed by atoms with Crippen molar-refractivity contribution in [3.05, 3.63) is 41.5 Å². The first kappa shape index (κ1) is 13.3. The fraction of sp³-hybridized carbons (Fsp3) is 0.250. The van der Waals surface area contributed by atoms with E-state index in [-0.39, 0.29) is 5.91 Å². The lowest BCUT2D eigenvalue weighted by atomic mass is 10.1. The van der Waals surface area contributed by atoms with Crippen molar-refractivity contribution in [3.8, 4) is 17.0 Å². The Hall–Kier alpha value is -2.34. The highest BCUT2D eigenvalue weighted by Gasteiger charge is 2.25. The number of imidazole rings is 1. The van der Waals surface area contributed by atoms with Gasteiger partial charge >= 0.3 is 0 Å². The van der Waals surface area contributed by atoms with Gasteiger partial charge in [-0.3, -0.25) is 9.20 Å². The van der Waals surface area contributed by atoms with E-state index in [1.54, 1.807) is 7.11 Å². The van der Waals surface area contributed by atoms with Gasteiger partial charge in [-0.1, -0.05) is 12.1 Å². The fourth-order valence-electron chi connectivity index (χ4n) is 2.36. The first-order valence-electron chi connectivity index (χ1n) is 7.16. The maximum Gasteiger partial charge on any atom is 0.269 e. The van der Waals surface area contributed by atoms with Crippen LogP contribution in [0.1, 0.15) is 23.3 Å². The molecule has 1 saturated carbocycles. The van der Waals surface area contributed by atoms with Gasteiger partial charge in [-0.15, -0.1) is 11.3 Å². The zero-order valence-electron chi connectivity index (χ0n) is 12.1. The Morgan fingerprint density at radius 3 is 3.09 bits per heavy atom. The number of ether oxygens (including phenoxy) is 1. The second-order valence-electron chi connectivity index (χ2n) is 5.38. The molecule has 0 spiro atoms.